The van der Waals surface area contributed by atoms with Crippen molar-refractivity contribution in [2.45, 2.75) is 19.8 Å². The van der Waals surface area contributed by atoms with Gasteiger partial charge >= 0.3 is 0 Å². The third-order valence-corrected chi connectivity index (χ3v) is 5.39. The molecular weight excluding hydrogens is 284 g/mol. The molecule has 22 heavy (non-hydrogen) atoms. The van der Waals surface area contributed by atoms with E-state index in [-0.39, 0.29) is 0 Å². The zero-order chi connectivity index (χ0) is 15.1. The van der Waals surface area contributed by atoms with Crippen molar-refractivity contribution >= 4 is 31.5 Å². The molecule has 108 valence electrons. The van der Waals surface area contributed by atoms with E-state index in [9.17, 15) is 0 Å². The normalized spacial score (nSPS) is 11.6. The number of hydrogen-bond donors (Lipinski definition) is 0. The Labute approximate surface area is 135 Å². The quantitative estimate of drug-likeness (QED) is 0.380. The van der Waals surface area contributed by atoms with Gasteiger partial charge in [0.1, 0.15) is 0 Å². The third kappa shape index (κ3) is 2.13. The third-order valence-electron chi connectivity index (χ3n) is 4.26. The van der Waals surface area contributed by atoms with Crippen LogP contribution in [0.1, 0.15) is 25.3 Å². The van der Waals surface area contributed by atoms with Gasteiger partial charge in [0.15, 0.2) is 0 Å². The van der Waals surface area contributed by atoms with Gasteiger partial charge in [-0.25, -0.2) is 0 Å². The maximum atomic E-state index is 2.36. The highest BCUT2D eigenvalue weighted by atomic mass is 32.1. The maximum absolute atomic E-state index is 2.36. The Balaban J connectivity index is 2.04. The summed E-state index contributed by atoms with van der Waals surface area (Å²) in [5.74, 6) is 0.543. The smallest absolute Gasteiger partial charge is 0.0358 e. The van der Waals surface area contributed by atoms with Crippen LogP contribution >= 0.6 is 11.3 Å². The summed E-state index contributed by atoms with van der Waals surface area (Å²) < 4.78 is 2.77. The molecule has 0 fully saturated rings. The van der Waals surface area contributed by atoms with E-state index >= 15 is 0 Å². The fourth-order valence-electron chi connectivity index (χ4n) is 3.15. The minimum absolute atomic E-state index is 0.543. The van der Waals surface area contributed by atoms with Crippen LogP contribution < -0.4 is 0 Å². The predicted octanol–water partition coefficient (Wildman–Crippen LogP) is 6.84. The zero-order valence-electron chi connectivity index (χ0n) is 12.8. The molecule has 0 N–H and O–H groups in total. The second-order valence-electron chi connectivity index (χ2n) is 6.05. The Hall–Kier alpha value is -2.12. The molecule has 4 aromatic rings. The van der Waals surface area contributed by atoms with Crippen molar-refractivity contribution < 1.29 is 0 Å². The van der Waals surface area contributed by atoms with Gasteiger partial charge in [-0.1, -0.05) is 62.4 Å². The molecule has 1 heterocycles. The fourth-order valence-corrected chi connectivity index (χ4v) is 4.27. The van der Waals surface area contributed by atoms with E-state index in [4.69, 9.17) is 0 Å². The molecule has 0 unspecified atom stereocenters. The molecule has 0 spiro atoms. The molecule has 0 aliphatic carbocycles. The van der Waals surface area contributed by atoms with Gasteiger partial charge in [-0.3, -0.25) is 0 Å². The Morgan fingerprint density at radius 2 is 1.55 bits per heavy atom. The molecule has 1 aromatic heterocycles. The van der Waals surface area contributed by atoms with Gasteiger partial charge in [0.2, 0.25) is 0 Å². The number of benzene rings is 3. The Kier molecular flexibility index (Phi) is 3.24. The van der Waals surface area contributed by atoms with Crippen molar-refractivity contribution in [2.75, 3.05) is 0 Å². The summed E-state index contributed by atoms with van der Waals surface area (Å²) in [7, 11) is 0. The molecule has 0 aliphatic heterocycles. The highest BCUT2D eigenvalue weighted by Gasteiger charge is 2.12. The van der Waals surface area contributed by atoms with E-state index in [1.165, 1.54) is 36.9 Å². The molecule has 0 radical (unpaired) electrons. The van der Waals surface area contributed by atoms with Crippen LogP contribution in [0.4, 0.5) is 0 Å². The lowest BCUT2D eigenvalue weighted by atomic mass is 9.96. The first-order chi connectivity index (χ1) is 10.7. The van der Waals surface area contributed by atoms with Gasteiger partial charge in [-0.15, -0.1) is 11.3 Å². The molecule has 0 aliphatic rings. The van der Waals surface area contributed by atoms with Crippen LogP contribution in [0, 0.1) is 0 Å². The fraction of sp³-hybridized carbons (Fsp3) is 0.143. The van der Waals surface area contributed by atoms with Crippen molar-refractivity contribution in [1.82, 2.24) is 0 Å². The molecule has 0 amide bonds. The molecule has 1 heteroatoms. The maximum Gasteiger partial charge on any atom is 0.0358 e. The second-order valence-corrected chi connectivity index (χ2v) is 7.14. The van der Waals surface area contributed by atoms with Crippen LogP contribution in [-0.2, 0) is 0 Å². The molecule has 0 bridgehead atoms. The first-order valence-corrected chi connectivity index (χ1v) is 8.56. The molecule has 0 nitrogen and oxygen atoms in total. The SMILES string of the molecule is CC(C)c1cccc2sc3ccc(-c4ccccc4)cc3c12. The molecule has 4 rings (SSSR count). The first-order valence-electron chi connectivity index (χ1n) is 7.74. The van der Waals surface area contributed by atoms with Crippen LogP contribution in [0.2, 0.25) is 0 Å². The van der Waals surface area contributed by atoms with E-state index in [1.54, 1.807) is 0 Å². The standard InChI is InChI=1S/C21H18S/c1-14(2)17-9-6-10-20-21(17)18-13-16(11-12-19(18)22-20)15-7-4-3-5-8-15/h3-14H,1-2H3. The first kappa shape index (κ1) is 13.5. The van der Waals surface area contributed by atoms with Crippen molar-refractivity contribution in [3.8, 4) is 11.1 Å². The van der Waals surface area contributed by atoms with Gasteiger partial charge in [0.05, 0.1) is 0 Å². The average Bonchev–Trinajstić information content (AvgIpc) is 2.93. The van der Waals surface area contributed by atoms with E-state index < -0.39 is 0 Å². The van der Waals surface area contributed by atoms with Crippen molar-refractivity contribution in [2.24, 2.45) is 0 Å². The lowest BCUT2D eigenvalue weighted by molar-refractivity contribution is 0.877. The Morgan fingerprint density at radius 1 is 0.727 bits per heavy atom. The van der Waals surface area contributed by atoms with E-state index in [0.29, 0.717) is 5.92 Å². The Bertz CT molecular complexity index is 946. The summed E-state index contributed by atoms with van der Waals surface area (Å²) in [6.45, 7) is 4.55. The predicted molar refractivity (Wildman–Crippen MR) is 98.9 cm³/mol. The summed E-state index contributed by atoms with van der Waals surface area (Å²) in [5, 5.41) is 2.83. The monoisotopic (exact) mass is 302 g/mol. The van der Waals surface area contributed by atoms with Gasteiger partial charge in [-0.2, -0.15) is 0 Å². The van der Waals surface area contributed by atoms with Crippen LogP contribution in [0.15, 0.2) is 66.7 Å². The molecule has 0 saturated carbocycles. The van der Waals surface area contributed by atoms with Gasteiger partial charge in [-0.05, 0) is 40.8 Å². The summed E-state index contributed by atoms with van der Waals surface area (Å²) >= 11 is 1.90. The van der Waals surface area contributed by atoms with Gasteiger partial charge < -0.3 is 0 Å². The summed E-state index contributed by atoms with van der Waals surface area (Å²) in [5.41, 5.74) is 4.03. The zero-order valence-corrected chi connectivity index (χ0v) is 13.7. The van der Waals surface area contributed by atoms with Gasteiger partial charge in [0, 0.05) is 20.2 Å². The summed E-state index contributed by atoms with van der Waals surface area (Å²) in [4.78, 5) is 0. The molecule has 0 saturated heterocycles. The average molecular weight is 302 g/mol. The van der Waals surface area contributed by atoms with Crippen molar-refractivity contribution in [1.29, 1.82) is 0 Å². The minimum atomic E-state index is 0.543. The second kappa shape index (κ2) is 5.26. The van der Waals surface area contributed by atoms with E-state index in [0.717, 1.165) is 0 Å². The molecule has 3 aromatic carbocycles. The highest BCUT2D eigenvalue weighted by Crippen LogP contribution is 2.39. The number of fused-ring (bicyclic) bond motifs is 3. The highest BCUT2D eigenvalue weighted by molar-refractivity contribution is 7.25. The lowest BCUT2D eigenvalue weighted by Gasteiger charge is -2.08. The lowest BCUT2D eigenvalue weighted by Crippen LogP contribution is -1.87. The van der Waals surface area contributed by atoms with Crippen LogP contribution in [0.3, 0.4) is 0 Å². The molecular formula is C21H18S. The number of rotatable bonds is 2. The van der Waals surface area contributed by atoms with Crippen LogP contribution in [-0.4, -0.2) is 0 Å². The Morgan fingerprint density at radius 3 is 2.32 bits per heavy atom. The number of thiophene rings is 1. The minimum Gasteiger partial charge on any atom is -0.135 e. The van der Waals surface area contributed by atoms with E-state index in [2.05, 4.69) is 80.6 Å². The van der Waals surface area contributed by atoms with E-state index in [1.807, 2.05) is 11.3 Å². The summed E-state index contributed by atoms with van der Waals surface area (Å²) in [6, 6.07) is 24.2. The van der Waals surface area contributed by atoms with Crippen LogP contribution in [0.25, 0.3) is 31.3 Å². The van der Waals surface area contributed by atoms with Gasteiger partial charge in [0.25, 0.3) is 0 Å². The topological polar surface area (TPSA) is 0 Å². The van der Waals surface area contributed by atoms with Crippen molar-refractivity contribution in [3.05, 3.63) is 72.3 Å². The van der Waals surface area contributed by atoms with Crippen LogP contribution in [0.5, 0.6) is 0 Å². The van der Waals surface area contributed by atoms with Crippen molar-refractivity contribution in [3.63, 3.8) is 0 Å². The number of hydrogen-bond acceptors (Lipinski definition) is 1. The largest absolute Gasteiger partial charge is 0.135 e. The molecule has 0 atom stereocenters. The summed E-state index contributed by atoms with van der Waals surface area (Å²) in [6.07, 6.45) is 0.